The van der Waals surface area contributed by atoms with Crippen molar-refractivity contribution in [3.8, 4) is 11.5 Å². The standard InChI is InChI=1S/C32H37ClN2O4/c1-4-7-16-35(17-8-5-2)23-13-14-26-28(21-23)38-29-20-22(33)19-27(34-15-18-37-6-3)30(29)32(26)25-12-10-9-11-24(25)31(36)39-32/h9-14,19-21,34H,4-8,15-18H2,1-3H3. The number of halogens is 1. The number of carbonyl (C=O) groups excluding carboxylic acids is 1. The number of hydrogen-bond donors (Lipinski definition) is 1. The van der Waals surface area contributed by atoms with Crippen molar-refractivity contribution in [2.24, 2.45) is 0 Å². The highest BCUT2D eigenvalue weighted by Gasteiger charge is 2.54. The number of esters is 1. The van der Waals surface area contributed by atoms with Gasteiger partial charge in [0, 0.05) is 65.9 Å². The highest BCUT2D eigenvalue weighted by molar-refractivity contribution is 6.31. The van der Waals surface area contributed by atoms with E-state index in [2.05, 4.69) is 42.3 Å². The van der Waals surface area contributed by atoms with Crippen LogP contribution in [-0.2, 0) is 15.1 Å². The Morgan fingerprint density at radius 2 is 1.72 bits per heavy atom. The number of nitrogens with zero attached hydrogens (tertiary/aromatic N) is 1. The van der Waals surface area contributed by atoms with Gasteiger partial charge < -0.3 is 24.4 Å². The number of carbonyl (C=O) groups is 1. The Kier molecular flexibility index (Phi) is 8.34. The number of rotatable bonds is 12. The van der Waals surface area contributed by atoms with Gasteiger partial charge in [-0.25, -0.2) is 4.79 Å². The van der Waals surface area contributed by atoms with Crippen molar-refractivity contribution in [2.75, 3.05) is 43.1 Å². The Morgan fingerprint density at radius 1 is 0.949 bits per heavy atom. The molecule has 206 valence electrons. The minimum atomic E-state index is -1.16. The third-order valence-corrected chi connectivity index (χ3v) is 7.67. The minimum absolute atomic E-state index is 0.351. The second-order valence-corrected chi connectivity index (χ2v) is 10.5. The van der Waals surface area contributed by atoms with Crippen molar-refractivity contribution < 1.29 is 19.0 Å². The quantitative estimate of drug-likeness (QED) is 0.184. The predicted octanol–water partition coefficient (Wildman–Crippen LogP) is 7.76. The predicted molar refractivity (Wildman–Crippen MR) is 157 cm³/mol. The van der Waals surface area contributed by atoms with Crippen LogP contribution in [0.5, 0.6) is 11.5 Å². The van der Waals surface area contributed by atoms with Crippen molar-refractivity contribution in [3.05, 3.63) is 81.9 Å². The van der Waals surface area contributed by atoms with Gasteiger partial charge in [0.25, 0.3) is 0 Å². The van der Waals surface area contributed by atoms with E-state index in [1.807, 2.05) is 43.3 Å². The number of fused-ring (bicyclic) bond motifs is 6. The van der Waals surface area contributed by atoms with Crippen LogP contribution in [0.25, 0.3) is 0 Å². The van der Waals surface area contributed by atoms with Gasteiger partial charge >= 0.3 is 5.97 Å². The normalized spacial score (nSPS) is 16.8. The van der Waals surface area contributed by atoms with Gasteiger partial charge in [0.05, 0.1) is 17.7 Å². The number of anilines is 2. The molecule has 3 aromatic rings. The Labute approximate surface area is 236 Å². The molecule has 6 nitrogen and oxygen atoms in total. The smallest absolute Gasteiger partial charge is 0.340 e. The fraction of sp³-hybridized carbons (Fsp3) is 0.406. The Hall–Kier alpha value is -3.22. The van der Waals surface area contributed by atoms with E-state index in [1.165, 1.54) is 0 Å². The Morgan fingerprint density at radius 3 is 2.46 bits per heavy atom. The van der Waals surface area contributed by atoms with E-state index >= 15 is 0 Å². The maximum absolute atomic E-state index is 13.3. The van der Waals surface area contributed by atoms with Crippen LogP contribution >= 0.6 is 11.6 Å². The van der Waals surface area contributed by atoms with E-state index in [0.29, 0.717) is 41.8 Å². The fourth-order valence-corrected chi connectivity index (χ4v) is 5.78. The number of unbranched alkanes of at least 4 members (excludes halogenated alkanes) is 2. The Bertz CT molecular complexity index is 1340. The van der Waals surface area contributed by atoms with Crippen LogP contribution in [-0.4, -0.2) is 38.8 Å². The minimum Gasteiger partial charge on any atom is -0.456 e. The zero-order valence-corrected chi connectivity index (χ0v) is 23.8. The first kappa shape index (κ1) is 27.4. The second kappa shape index (κ2) is 11.9. The molecule has 0 bridgehead atoms. The average Bonchev–Trinajstić information content (AvgIpc) is 3.23. The molecule has 2 heterocycles. The van der Waals surface area contributed by atoms with Crippen molar-refractivity contribution in [1.82, 2.24) is 0 Å². The van der Waals surface area contributed by atoms with Crippen LogP contribution in [0.1, 0.15) is 73.5 Å². The molecule has 0 saturated heterocycles. The summed E-state index contributed by atoms with van der Waals surface area (Å²) in [4.78, 5) is 15.7. The molecule has 0 fully saturated rings. The monoisotopic (exact) mass is 548 g/mol. The van der Waals surface area contributed by atoms with E-state index in [0.717, 1.165) is 66.8 Å². The molecule has 5 rings (SSSR count). The van der Waals surface area contributed by atoms with Crippen molar-refractivity contribution in [3.63, 3.8) is 0 Å². The van der Waals surface area contributed by atoms with Crippen LogP contribution < -0.4 is 15.0 Å². The van der Waals surface area contributed by atoms with Crippen LogP contribution in [0.3, 0.4) is 0 Å². The SMILES string of the molecule is CCCCN(CCCC)c1ccc2c(c1)Oc1cc(Cl)cc(NCCOCC)c1C21OC(=O)c2ccccc21. The van der Waals surface area contributed by atoms with Crippen molar-refractivity contribution in [1.29, 1.82) is 0 Å². The molecule has 1 N–H and O–H groups in total. The highest BCUT2D eigenvalue weighted by atomic mass is 35.5. The van der Waals surface area contributed by atoms with Gasteiger partial charge in [0.15, 0.2) is 5.60 Å². The first-order valence-electron chi connectivity index (χ1n) is 14.1. The number of ether oxygens (including phenoxy) is 3. The third-order valence-electron chi connectivity index (χ3n) is 7.45. The van der Waals surface area contributed by atoms with Gasteiger partial charge in [-0.15, -0.1) is 0 Å². The first-order valence-corrected chi connectivity index (χ1v) is 14.5. The van der Waals surface area contributed by atoms with Crippen LogP contribution in [0.15, 0.2) is 54.6 Å². The van der Waals surface area contributed by atoms with E-state index < -0.39 is 5.60 Å². The molecule has 0 aliphatic carbocycles. The van der Waals surface area contributed by atoms with Gasteiger partial charge in [-0.3, -0.25) is 0 Å². The lowest BCUT2D eigenvalue weighted by Crippen LogP contribution is -2.34. The molecule has 0 radical (unpaired) electrons. The van der Waals surface area contributed by atoms with Crippen LogP contribution in [0.2, 0.25) is 5.02 Å². The molecule has 2 aliphatic heterocycles. The number of hydrogen-bond acceptors (Lipinski definition) is 6. The maximum Gasteiger partial charge on any atom is 0.340 e. The number of nitrogens with one attached hydrogen (secondary N) is 1. The molecule has 0 saturated carbocycles. The molecule has 3 aromatic carbocycles. The average molecular weight is 549 g/mol. The summed E-state index contributed by atoms with van der Waals surface area (Å²) in [6.07, 6.45) is 4.49. The lowest BCUT2D eigenvalue weighted by Gasteiger charge is -2.38. The molecular formula is C32H37ClN2O4. The van der Waals surface area contributed by atoms with Crippen LogP contribution in [0.4, 0.5) is 11.4 Å². The molecule has 7 heteroatoms. The zero-order valence-electron chi connectivity index (χ0n) is 23.0. The molecule has 0 aromatic heterocycles. The molecule has 1 spiro atoms. The van der Waals surface area contributed by atoms with E-state index in [1.54, 1.807) is 0 Å². The summed E-state index contributed by atoms with van der Waals surface area (Å²) in [5.74, 6) is 0.894. The zero-order chi connectivity index (χ0) is 27.4. The van der Waals surface area contributed by atoms with E-state index in [9.17, 15) is 4.79 Å². The lowest BCUT2D eigenvalue weighted by molar-refractivity contribution is 0.0226. The molecule has 39 heavy (non-hydrogen) atoms. The molecule has 1 unspecified atom stereocenters. The second-order valence-electron chi connectivity index (χ2n) is 10.0. The topological polar surface area (TPSA) is 60.0 Å². The summed E-state index contributed by atoms with van der Waals surface area (Å²) in [5.41, 5.74) is 3.60. The van der Waals surface area contributed by atoms with Gasteiger partial charge in [-0.05, 0) is 44.0 Å². The summed E-state index contributed by atoms with van der Waals surface area (Å²) in [7, 11) is 0. The Balaban J connectivity index is 1.67. The largest absolute Gasteiger partial charge is 0.456 e. The van der Waals surface area contributed by atoms with Gasteiger partial charge in [-0.2, -0.15) is 0 Å². The highest BCUT2D eigenvalue weighted by Crippen LogP contribution is 2.59. The van der Waals surface area contributed by atoms with E-state index in [-0.39, 0.29) is 5.97 Å². The molecule has 2 aliphatic rings. The van der Waals surface area contributed by atoms with Crippen molar-refractivity contribution in [2.45, 2.75) is 52.1 Å². The summed E-state index contributed by atoms with van der Waals surface area (Å²) in [6, 6.07) is 17.6. The first-order chi connectivity index (χ1) is 19.0. The molecular weight excluding hydrogens is 512 g/mol. The fourth-order valence-electron chi connectivity index (χ4n) is 5.57. The lowest BCUT2D eigenvalue weighted by atomic mass is 9.77. The van der Waals surface area contributed by atoms with Gasteiger partial charge in [-0.1, -0.05) is 56.5 Å². The summed E-state index contributed by atoms with van der Waals surface area (Å²) < 4.78 is 18.5. The van der Waals surface area contributed by atoms with E-state index in [4.69, 9.17) is 25.8 Å². The molecule has 0 amide bonds. The third kappa shape index (κ3) is 5.08. The number of benzene rings is 3. The summed E-state index contributed by atoms with van der Waals surface area (Å²) >= 11 is 6.60. The summed E-state index contributed by atoms with van der Waals surface area (Å²) in [6.45, 7) is 10.1. The maximum atomic E-state index is 13.3. The van der Waals surface area contributed by atoms with Gasteiger partial charge in [0.1, 0.15) is 11.5 Å². The molecule has 1 atom stereocenters. The van der Waals surface area contributed by atoms with Crippen molar-refractivity contribution >= 4 is 28.9 Å². The summed E-state index contributed by atoms with van der Waals surface area (Å²) in [5, 5.41) is 4.00. The van der Waals surface area contributed by atoms with Gasteiger partial charge in [0.2, 0.25) is 0 Å². The van der Waals surface area contributed by atoms with Crippen LogP contribution in [0, 0.1) is 0 Å².